The summed E-state index contributed by atoms with van der Waals surface area (Å²) in [7, 11) is 0. The van der Waals surface area contributed by atoms with Crippen molar-refractivity contribution in [3.8, 4) is 0 Å². The number of alkyl halides is 2. The second kappa shape index (κ2) is 21.1. The Morgan fingerprint density at radius 2 is 0.639 bits per heavy atom. The van der Waals surface area contributed by atoms with Crippen LogP contribution in [0.3, 0.4) is 0 Å². The molecule has 0 unspecified atom stereocenters. The van der Waals surface area contributed by atoms with Crippen LogP contribution in [0.4, 0.5) is 0 Å². The fraction of sp³-hybridized carbons (Fsp3) is 0.0714. The normalized spacial score (nSPS) is 9.17. The van der Waals surface area contributed by atoms with Crippen LogP contribution in [-0.4, -0.2) is 76.2 Å². The van der Waals surface area contributed by atoms with Crippen LogP contribution < -0.4 is 14.3 Å². The quantitative estimate of drug-likeness (QED) is 0.236. The number of carbonyl (C=O) groups is 2. The van der Waals surface area contributed by atoms with Crippen molar-refractivity contribution in [1.82, 2.24) is 0 Å². The van der Waals surface area contributed by atoms with Crippen LogP contribution >= 0.6 is 23.2 Å². The Labute approximate surface area is 242 Å². The Balaban J connectivity index is 0.000000266. The molecule has 4 aromatic carbocycles. The van der Waals surface area contributed by atoms with E-state index in [0.717, 1.165) is 0 Å². The standard InChI is InChI=1S/4C6H5.2C2H3ClO2.2Sn/c4*1-2-4-6-5-3-1;2*3-1-2(4)5;;/h4*1-5H;2*1H2,(H,4,5);;. The number of rotatable bonds is 6. The van der Waals surface area contributed by atoms with Gasteiger partial charge in [0.25, 0.3) is 0 Å². The minimum atomic E-state index is -0.980. The van der Waals surface area contributed by atoms with Crippen molar-refractivity contribution in [1.29, 1.82) is 0 Å². The van der Waals surface area contributed by atoms with Crippen LogP contribution in [0.1, 0.15) is 0 Å². The first-order valence-electron chi connectivity index (χ1n) is 10.7. The molecule has 0 aliphatic carbocycles. The van der Waals surface area contributed by atoms with Gasteiger partial charge in [-0.15, -0.1) is 23.2 Å². The van der Waals surface area contributed by atoms with E-state index in [1.807, 2.05) is 0 Å². The molecular weight excluding hydrogens is 709 g/mol. The van der Waals surface area contributed by atoms with Gasteiger partial charge in [-0.25, -0.2) is 0 Å². The van der Waals surface area contributed by atoms with E-state index < -0.39 is 54.2 Å². The summed E-state index contributed by atoms with van der Waals surface area (Å²) in [6, 6.07) is 43.2. The molecular formula is C28H26Cl2O4Sn2. The zero-order valence-corrected chi connectivity index (χ0v) is 26.6. The summed E-state index contributed by atoms with van der Waals surface area (Å²) in [4.78, 5) is 18.5. The predicted octanol–water partition coefficient (Wildman–Crippen LogP) is 3.30. The molecule has 4 aromatic rings. The van der Waals surface area contributed by atoms with Gasteiger partial charge in [-0.3, -0.25) is 9.59 Å². The maximum absolute atomic E-state index is 9.24. The number of halogens is 2. The number of hydrogen-bond donors (Lipinski definition) is 2. The molecule has 0 saturated heterocycles. The SMILES string of the molecule is O=C(O)CCl.O=C(O)CCl.c1cc[c]([Sn][c]2ccccc2)cc1.c1cc[c]([Sn][c]2ccccc2)cc1. The molecule has 4 nitrogen and oxygen atoms in total. The molecule has 0 bridgehead atoms. The van der Waals surface area contributed by atoms with Gasteiger partial charge in [0.05, 0.1) is 0 Å². The summed E-state index contributed by atoms with van der Waals surface area (Å²) in [5.74, 6) is -2.57. The molecule has 0 aromatic heterocycles. The van der Waals surface area contributed by atoms with Gasteiger partial charge >= 0.3 is 190 Å². The summed E-state index contributed by atoms with van der Waals surface area (Å²) < 4.78 is 6.16. The first-order chi connectivity index (χ1) is 17.4. The first kappa shape index (κ1) is 32.0. The maximum atomic E-state index is 9.24. The first-order valence-corrected chi connectivity index (χ1v) is 17.5. The molecule has 36 heavy (non-hydrogen) atoms. The van der Waals surface area contributed by atoms with E-state index >= 15 is 0 Å². The van der Waals surface area contributed by atoms with Gasteiger partial charge < -0.3 is 10.2 Å². The van der Waals surface area contributed by atoms with Crippen molar-refractivity contribution >= 4 is 91.7 Å². The van der Waals surface area contributed by atoms with Crippen LogP contribution in [0.15, 0.2) is 121 Å². The average Bonchev–Trinajstić information content (AvgIpc) is 2.92. The van der Waals surface area contributed by atoms with Gasteiger partial charge in [-0.05, 0) is 0 Å². The Hall–Kier alpha value is -2.00. The topological polar surface area (TPSA) is 74.6 Å². The second-order valence-electron chi connectivity index (χ2n) is 6.77. The van der Waals surface area contributed by atoms with Crippen LogP contribution in [0, 0.1) is 0 Å². The molecule has 0 fully saturated rings. The van der Waals surface area contributed by atoms with Crippen molar-refractivity contribution in [2.75, 3.05) is 11.8 Å². The molecule has 8 heteroatoms. The van der Waals surface area contributed by atoms with E-state index in [0.29, 0.717) is 0 Å². The molecule has 0 saturated carbocycles. The monoisotopic (exact) mass is 736 g/mol. The summed E-state index contributed by atoms with van der Waals surface area (Å²) in [6.07, 6.45) is 0. The molecule has 0 atom stereocenters. The summed E-state index contributed by atoms with van der Waals surface area (Å²) in [5.41, 5.74) is 0. The second-order valence-corrected chi connectivity index (χ2v) is 15.3. The van der Waals surface area contributed by atoms with Gasteiger partial charge in [0.1, 0.15) is 11.8 Å². The molecule has 0 aliphatic rings. The number of hydrogen-bond acceptors (Lipinski definition) is 2. The van der Waals surface area contributed by atoms with Gasteiger partial charge in [-0.1, -0.05) is 0 Å². The fourth-order valence-corrected chi connectivity index (χ4v) is 8.42. The number of carboxylic acid groups (broad SMARTS) is 2. The van der Waals surface area contributed by atoms with Crippen molar-refractivity contribution in [3.63, 3.8) is 0 Å². The number of benzene rings is 4. The van der Waals surface area contributed by atoms with E-state index in [4.69, 9.17) is 33.4 Å². The number of carboxylic acids is 2. The Morgan fingerprint density at radius 3 is 0.778 bits per heavy atom. The third-order valence-corrected chi connectivity index (χ3v) is 11.5. The van der Waals surface area contributed by atoms with Crippen molar-refractivity contribution < 1.29 is 19.8 Å². The summed E-state index contributed by atoms with van der Waals surface area (Å²) >= 11 is 8.44. The van der Waals surface area contributed by atoms with Crippen molar-refractivity contribution in [2.24, 2.45) is 0 Å². The van der Waals surface area contributed by atoms with E-state index in [9.17, 15) is 9.59 Å². The zero-order valence-electron chi connectivity index (χ0n) is 19.4. The van der Waals surface area contributed by atoms with Crippen molar-refractivity contribution in [3.05, 3.63) is 121 Å². The van der Waals surface area contributed by atoms with E-state index in [2.05, 4.69) is 121 Å². The molecule has 0 heterocycles. The van der Waals surface area contributed by atoms with Crippen LogP contribution in [0.5, 0.6) is 0 Å². The van der Waals surface area contributed by atoms with E-state index in [1.54, 1.807) is 0 Å². The molecule has 4 rings (SSSR count). The van der Waals surface area contributed by atoms with Gasteiger partial charge in [-0.2, -0.15) is 0 Å². The van der Waals surface area contributed by atoms with Crippen LogP contribution in [0.2, 0.25) is 0 Å². The summed E-state index contributed by atoms with van der Waals surface area (Å²) in [5, 5.41) is 15.2. The molecule has 2 N–H and O–H groups in total. The van der Waals surface area contributed by atoms with Gasteiger partial charge in [0, 0.05) is 0 Å². The molecule has 0 spiro atoms. The molecule has 4 radical (unpaired) electrons. The van der Waals surface area contributed by atoms with E-state index in [1.165, 1.54) is 14.3 Å². The van der Waals surface area contributed by atoms with Crippen molar-refractivity contribution in [2.45, 2.75) is 0 Å². The van der Waals surface area contributed by atoms with Crippen LogP contribution in [-0.2, 0) is 9.59 Å². The third-order valence-electron chi connectivity index (χ3n) is 3.90. The summed E-state index contributed by atoms with van der Waals surface area (Å²) in [6.45, 7) is 0. The number of aliphatic carboxylic acids is 2. The fourth-order valence-electron chi connectivity index (χ4n) is 2.42. The third kappa shape index (κ3) is 17.4. The molecule has 184 valence electrons. The predicted molar refractivity (Wildman–Crippen MR) is 153 cm³/mol. The Morgan fingerprint density at radius 1 is 0.472 bits per heavy atom. The Kier molecular flexibility index (Phi) is 18.8. The van der Waals surface area contributed by atoms with Crippen LogP contribution in [0.25, 0.3) is 0 Å². The molecule has 0 aliphatic heterocycles. The molecule has 0 amide bonds. The Bertz CT molecular complexity index is 935. The average molecular weight is 735 g/mol. The minimum absolute atomic E-state index is 0.306. The van der Waals surface area contributed by atoms with E-state index in [-0.39, 0.29) is 11.8 Å². The van der Waals surface area contributed by atoms with Gasteiger partial charge in [0.15, 0.2) is 0 Å². The van der Waals surface area contributed by atoms with Gasteiger partial charge in [0.2, 0.25) is 0 Å². The zero-order chi connectivity index (χ0) is 26.4.